The summed E-state index contributed by atoms with van der Waals surface area (Å²) < 4.78 is 0. The second-order valence-electron chi connectivity index (χ2n) is 3.94. The summed E-state index contributed by atoms with van der Waals surface area (Å²) in [6, 6.07) is 0.241. The number of likely N-dealkylation sites (tertiary alicyclic amines) is 1. The van der Waals surface area contributed by atoms with E-state index in [0.717, 1.165) is 6.54 Å². The lowest BCUT2D eigenvalue weighted by molar-refractivity contribution is -0.143. The van der Waals surface area contributed by atoms with E-state index in [0.29, 0.717) is 24.4 Å². The first-order chi connectivity index (χ1) is 7.04. The summed E-state index contributed by atoms with van der Waals surface area (Å²) in [4.78, 5) is 13.0. The number of halogens is 2. The standard InChI is InChI=1S/C10H15Cl2NO2/c1-7-4-8(10(14)15)2-3-13(7)6-9(12)5-11/h5,7-8H,2-4,6H2,1H3,(H,14,15). The summed E-state index contributed by atoms with van der Waals surface area (Å²) in [6.07, 6.45) is 1.37. The third-order valence-corrected chi connectivity index (χ3v) is 3.44. The fourth-order valence-electron chi connectivity index (χ4n) is 1.91. The van der Waals surface area contributed by atoms with E-state index in [1.54, 1.807) is 0 Å². The Morgan fingerprint density at radius 1 is 1.67 bits per heavy atom. The third-order valence-electron chi connectivity index (χ3n) is 2.84. The minimum absolute atomic E-state index is 0.213. The molecule has 0 bridgehead atoms. The van der Waals surface area contributed by atoms with Crippen LogP contribution >= 0.6 is 23.2 Å². The van der Waals surface area contributed by atoms with E-state index in [-0.39, 0.29) is 12.0 Å². The van der Waals surface area contributed by atoms with Gasteiger partial charge in [0.1, 0.15) is 0 Å². The lowest BCUT2D eigenvalue weighted by Gasteiger charge is -2.35. The average molecular weight is 252 g/mol. The van der Waals surface area contributed by atoms with Gasteiger partial charge in [-0.3, -0.25) is 9.69 Å². The second kappa shape index (κ2) is 5.73. The van der Waals surface area contributed by atoms with Gasteiger partial charge < -0.3 is 5.11 Å². The first-order valence-electron chi connectivity index (χ1n) is 4.96. The fraction of sp³-hybridized carbons (Fsp3) is 0.700. The lowest BCUT2D eigenvalue weighted by atomic mass is 9.92. The number of piperidine rings is 1. The van der Waals surface area contributed by atoms with E-state index in [4.69, 9.17) is 28.3 Å². The maximum absolute atomic E-state index is 10.8. The summed E-state index contributed by atoms with van der Waals surface area (Å²) in [5.74, 6) is -0.907. The van der Waals surface area contributed by atoms with Crippen molar-refractivity contribution in [3.63, 3.8) is 0 Å². The molecule has 2 unspecified atom stereocenters. The van der Waals surface area contributed by atoms with Gasteiger partial charge in [-0.05, 0) is 26.3 Å². The van der Waals surface area contributed by atoms with E-state index in [1.165, 1.54) is 5.54 Å². The maximum atomic E-state index is 10.8. The molecule has 1 N–H and O–H groups in total. The SMILES string of the molecule is CC1CC(C(=O)O)CCN1CC(Cl)=CCl. The van der Waals surface area contributed by atoms with Crippen molar-refractivity contribution in [1.82, 2.24) is 4.90 Å². The highest BCUT2D eigenvalue weighted by Gasteiger charge is 2.29. The summed E-state index contributed by atoms with van der Waals surface area (Å²) in [5.41, 5.74) is 1.36. The van der Waals surface area contributed by atoms with E-state index in [2.05, 4.69) is 4.90 Å². The Morgan fingerprint density at radius 3 is 2.80 bits per heavy atom. The van der Waals surface area contributed by atoms with Crippen molar-refractivity contribution < 1.29 is 9.90 Å². The highest BCUT2D eigenvalue weighted by Crippen LogP contribution is 2.24. The summed E-state index contributed by atoms with van der Waals surface area (Å²) in [6.45, 7) is 3.39. The van der Waals surface area contributed by atoms with Gasteiger partial charge in [0.2, 0.25) is 0 Å². The zero-order valence-corrected chi connectivity index (χ0v) is 10.1. The highest BCUT2D eigenvalue weighted by molar-refractivity contribution is 6.36. The van der Waals surface area contributed by atoms with Crippen LogP contribution in [0.5, 0.6) is 0 Å². The van der Waals surface area contributed by atoms with Gasteiger partial charge in [-0.2, -0.15) is 0 Å². The molecule has 1 aliphatic heterocycles. The molecule has 1 heterocycles. The van der Waals surface area contributed by atoms with Crippen molar-refractivity contribution in [1.29, 1.82) is 0 Å². The first-order valence-corrected chi connectivity index (χ1v) is 5.77. The van der Waals surface area contributed by atoms with Crippen LogP contribution in [-0.4, -0.2) is 35.1 Å². The molecule has 0 aromatic carbocycles. The zero-order valence-electron chi connectivity index (χ0n) is 8.62. The van der Waals surface area contributed by atoms with Crippen LogP contribution in [0, 0.1) is 5.92 Å². The van der Waals surface area contributed by atoms with Gasteiger partial charge in [-0.1, -0.05) is 23.2 Å². The summed E-state index contributed by atoms with van der Waals surface area (Å²) in [7, 11) is 0. The van der Waals surface area contributed by atoms with Crippen molar-refractivity contribution in [2.45, 2.75) is 25.8 Å². The molecule has 0 aromatic heterocycles. The van der Waals surface area contributed by atoms with Crippen molar-refractivity contribution in [3.8, 4) is 0 Å². The molecule has 1 aliphatic rings. The maximum Gasteiger partial charge on any atom is 0.306 e. The summed E-state index contributed by atoms with van der Waals surface area (Å²) >= 11 is 11.3. The van der Waals surface area contributed by atoms with Gasteiger partial charge in [0.25, 0.3) is 0 Å². The molecule has 86 valence electrons. The molecule has 15 heavy (non-hydrogen) atoms. The largest absolute Gasteiger partial charge is 0.481 e. The Balaban J connectivity index is 2.49. The van der Waals surface area contributed by atoms with Crippen LogP contribution in [0.15, 0.2) is 10.6 Å². The minimum atomic E-state index is -0.694. The van der Waals surface area contributed by atoms with Crippen LogP contribution in [-0.2, 0) is 4.79 Å². The molecule has 1 fully saturated rings. The number of rotatable bonds is 3. The topological polar surface area (TPSA) is 40.5 Å². The predicted molar refractivity (Wildman–Crippen MR) is 61.2 cm³/mol. The quantitative estimate of drug-likeness (QED) is 0.838. The number of hydrogen-bond donors (Lipinski definition) is 1. The highest BCUT2D eigenvalue weighted by atomic mass is 35.5. The van der Waals surface area contributed by atoms with Gasteiger partial charge in [0, 0.05) is 23.2 Å². The molecule has 0 spiro atoms. The average Bonchev–Trinajstić information content (AvgIpc) is 2.20. The number of carbonyl (C=O) groups is 1. The summed E-state index contributed by atoms with van der Waals surface area (Å²) in [5, 5.41) is 9.49. The van der Waals surface area contributed by atoms with Gasteiger partial charge in [0.15, 0.2) is 0 Å². The zero-order chi connectivity index (χ0) is 11.4. The second-order valence-corrected chi connectivity index (χ2v) is 4.64. The predicted octanol–water partition coefficient (Wildman–Crippen LogP) is 2.49. The number of aliphatic carboxylic acids is 1. The Labute approximate surface area is 99.7 Å². The van der Waals surface area contributed by atoms with E-state index in [9.17, 15) is 4.79 Å². The van der Waals surface area contributed by atoms with Crippen molar-refractivity contribution in [3.05, 3.63) is 10.6 Å². The van der Waals surface area contributed by atoms with Crippen LogP contribution in [0.3, 0.4) is 0 Å². The third kappa shape index (κ3) is 3.67. The number of carboxylic acid groups (broad SMARTS) is 1. The van der Waals surface area contributed by atoms with Gasteiger partial charge >= 0.3 is 5.97 Å². The first kappa shape index (κ1) is 12.8. The molecular formula is C10H15Cl2NO2. The molecule has 1 saturated heterocycles. The monoisotopic (exact) mass is 251 g/mol. The molecule has 0 saturated carbocycles. The molecule has 1 rings (SSSR count). The molecule has 2 atom stereocenters. The van der Waals surface area contributed by atoms with Crippen LogP contribution in [0.2, 0.25) is 0 Å². The lowest BCUT2D eigenvalue weighted by Crippen LogP contribution is -2.43. The smallest absolute Gasteiger partial charge is 0.306 e. The van der Waals surface area contributed by atoms with Crippen molar-refractivity contribution in [2.75, 3.05) is 13.1 Å². The molecule has 5 heteroatoms. The van der Waals surface area contributed by atoms with Crippen molar-refractivity contribution >= 4 is 29.2 Å². The van der Waals surface area contributed by atoms with E-state index >= 15 is 0 Å². The van der Waals surface area contributed by atoms with Crippen LogP contribution in [0.25, 0.3) is 0 Å². The molecule has 0 aliphatic carbocycles. The van der Waals surface area contributed by atoms with E-state index < -0.39 is 5.97 Å². The Hall–Kier alpha value is -0.250. The Bertz CT molecular complexity index is 268. The molecule has 0 radical (unpaired) electrons. The molecule has 0 aromatic rings. The molecule has 0 amide bonds. The van der Waals surface area contributed by atoms with Crippen LogP contribution < -0.4 is 0 Å². The molecule has 3 nitrogen and oxygen atoms in total. The van der Waals surface area contributed by atoms with Crippen molar-refractivity contribution in [2.24, 2.45) is 5.92 Å². The number of hydrogen-bond acceptors (Lipinski definition) is 2. The molecular weight excluding hydrogens is 237 g/mol. The van der Waals surface area contributed by atoms with Gasteiger partial charge in [0.05, 0.1) is 5.92 Å². The Kier molecular flexibility index (Phi) is 4.90. The fourth-order valence-corrected chi connectivity index (χ4v) is 2.13. The number of nitrogens with zero attached hydrogens (tertiary/aromatic N) is 1. The van der Waals surface area contributed by atoms with E-state index in [1.807, 2.05) is 6.92 Å². The van der Waals surface area contributed by atoms with Crippen LogP contribution in [0.1, 0.15) is 19.8 Å². The number of carboxylic acids is 1. The van der Waals surface area contributed by atoms with Gasteiger partial charge in [-0.25, -0.2) is 0 Å². The Morgan fingerprint density at radius 2 is 2.33 bits per heavy atom. The normalized spacial score (nSPS) is 29.1. The van der Waals surface area contributed by atoms with Gasteiger partial charge in [-0.15, -0.1) is 0 Å². The van der Waals surface area contributed by atoms with Crippen LogP contribution in [0.4, 0.5) is 0 Å². The minimum Gasteiger partial charge on any atom is -0.481 e.